The fraction of sp³-hybridized carbons (Fsp3) is 0.929. The maximum atomic E-state index is 11.9. The van der Waals surface area contributed by atoms with E-state index in [1.165, 1.54) is 25.7 Å². The lowest BCUT2D eigenvalue weighted by Gasteiger charge is -2.31. The molecule has 2 saturated heterocycles. The zero-order chi connectivity index (χ0) is 12.7. The second-order valence-corrected chi connectivity index (χ2v) is 5.05. The van der Waals surface area contributed by atoms with E-state index in [0.717, 1.165) is 32.1 Å². The van der Waals surface area contributed by atoms with Gasteiger partial charge in [-0.25, -0.2) is 0 Å². The van der Waals surface area contributed by atoms with Crippen molar-refractivity contribution in [3.63, 3.8) is 0 Å². The lowest BCUT2D eigenvalue weighted by Crippen LogP contribution is -2.43. The summed E-state index contributed by atoms with van der Waals surface area (Å²) in [7, 11) is 0. The van der Waals surface area contributed by atoms with Crippen LogP contribution in [0.4, 0.5) is 0 Å². The average molecular weight is 240 g/mol. The topological polar surface area (TPSA) is 23.6 Å². The van der Waals surface area contributed by atoms with Crippen LogP contribution in [0.3, 0.4) is 0 Å². The van der Waals surface area contributed by atoms with E-state index in [1.54, 1.807) is 0 Å². The molecule has 100 valence electrons. The maximum absolute atomic E-state index is 11.9. The highest BCUT2D eigenvalue weighted by Crippen LogP contribution is 2.16. The van der Waals surface area contributed by atoms with Crippen LogP contribution in [0, 0.1) is 5.92 Å². The highest BCUT2D eigenvalue weighted by atomic mass is 16.2. The molecule has 0 spiro atoms. The van der Waals surface area contributed by atoms with Crippen LogP contribution in [0.1, 0.15) is 46.5 Å². The predicted octanol–water partition coefficient (Wildman–Crippen LogP) is 2.37. The summed E-state index contributed by atoms with van der Waals surface area (Å²) in [6.45, 7) is 11.1. The SMILES string of the molecule is CC.CC1CCN(C(=O)CN2CCCC2)CC1. The van der Waals surface area contributed by atoms with Crippen LogP contribution >= 0.6 is 0 Å². The van der Waals surface area contributed by atoms with Crippen molar-refractivity contribution in [1.29, 1.82) is 0 Å². The van der Waals surface area contributed by atoms with Crippen LogP contribution in [0.5, 0.6) is 0 Å². The van der Waals surface area contributed by atoms with Crippen molar-refractivity contribution in [2.24, 2.45) is 5.92 Å². The zero-order valence-corrected chi connectivity index (χ0v) is 11.7. The largest absolute Gasteiger partial charge is 0.342 e. The minimum absolute atomic E-state index is 0.351. The lowest BCUT2D eigenvalue weighted by molar-refractivity contribution is -0.133. The number of hydrogen-bond acceptors (Lipinski definition) is 2. The molecule has 0 unspecified atom stereocenters. The summed E-state index contributed by atoms with van der Waals surface area (Å²) in [6.07, 6.45) is 4.91. The molecule has 2 heterocycles. The predicted molar refractivity (Wildman–Crippen MR) is 72.0 cm³/mol. The third-order valence-corrected chi connectivity index (χ3v) is 3.69. The molecule has 3 nitrogen and oxygen atoms in total. The zero-order valence-electron chi connectivity index (χ0n) is 11.7. The Bertz CT molecular complexity index is 216. The number of nitrogens with zero attached hydrogens (tertiary/aromatic N) is 2. The van der Waals surface area contributed by atoms with Gasteiger partial charge in [-0.15, -0.1) is 0 Å². The molecule has 2 aliphatic rings. The van der Waals surface area contributed by atoms with Gasteiger partial charge in [0.2, 0.25) is 5.91 Å². The highest BCUT2D eigenvalue weighted by molar-refractivity contribution is 5.78. The van der Waals surface area contributed by atoms with Gasteiger partial charge in [-0.3, -0.25) is 9.69 Å². The number of rotatable bonds is 2. The van der Waals surface area contributed by atoms with Gasteiger partial charge in [0, 0.05) is 13.1 Å². The fourth-order valence-electron chi connectivity index (χ4n) is 2.49. The molecule has 0 atom stereocenters. The van der Waals surface area contributed by atoms with Crippen molar-refractivity contribution in [2.75, 3.05) is 32.7 Å². The first-order valence-corrected chi connectivity index (χ1v) is 7.26. The summed E-state index contributed by atoms with van der Waals surface area (Å²) in [4.78, 5) is 16.3. The van der Waals surface area contributed by atoms with Gasteiger partial charge >= 0.3 is 0 Å². The third-order valence-electron chi connectivity index (χ3n) is 3.69. The number of likely N-dealkylation sites (tertiary alicyclic amines) is 2. The van der Waals surface area contributed by atoms with Gasteiger partial charge in [-0.1, -0.05) is 20.8 Å². The molecule has 0 aromatic heterocycles. The normalized spacial score (nSPS) is 22.2. The Hall–Kier alpha value is -0.570. The molecule has 2 aliphatic heterocycles. The molecule has 0 radical (unpaired) electrons. The summed E-state index contributed by atoms with van der Waals surface area (Å²) in [5.74, 6) is 1.16. The van der Waals surface area contributed by atoms with Crippen molar-refractivity contribution in [1.82, 2.24) is 9.80 Å². The number of piperidine rings is 1. The number of carbonyl (C=O) groups is 1. The van der Waals surface area contributed by atoms with Crippen molar-refractivity contribution in [2.45, 2.75) is 46.5 Å². The minimum Gasteiger partial charge on any atom is -0.342 e. The number of amides is 1. The first-order valence-electron chi connectivity index (χ1n) is 7.26. The highest BCUT2D eigenvalue weighted by Gasteiger charge is 2.22. The average Bonchev–Trinajstić information content (AvgIpc) is 2.85. The Morgan fingerprint density at radius 1 is 1.06 bits per heavy atom. The van der Waals surface area contributed by atoms with Gasteiger partial charge < -0.3 is 4.90 Å². The Labute approximate surface area is 106 Å². The molecule has 3 heteroatoms. The molecule has 2 rings (SSSR count). The van der Waals surface area contributed by atoms with E-state index in [0.29, 0.717) is 12.5 Å². The number of hydrogen-bond donors (Lipinski definition) is 0. The first-order chi connectivity index (χ1) is 8.25. The van der Waals surface area contributed by atoms with Crippen LogP contribution in [0.25, 0.3) is 0 Å². The van der Waals surface area contributed by atoms with Gasteiger partial charge in [-0.05, 0) is 44.7 Å². The second kappa shape index (κ2) is 7.70. The van der Waals surface area contributed by atoms with Gasteiger partial charge in [0.1, 0.15) is 0 Å². The molecule has 0 bridgehead atoms. The third kappa shape index (κ3) is 4.66. The molecule has 1 amide bonds. The summed E-state index contributed by atoms with van der Waals surface area (Å²) in [5.41, 5.74) is 0. The molecule has 2 fully saturated rings. The van der Waals surface area contributed by atoms with E-state index in [-0.39, 0.29) is 0 Å². The van der Waals surface area contributed by atoms with E-state index in [2.05, 4.69) is 16.7 Å². The van der Waals surface area contributed by atoms with Gasteiger partial charge in [0.05, 0.1) is 6.54 Å². The van der Waals surface area contributed by atoms with Crippen molar-refractivity contribution >= 4 is 5.91 Å². The quantitative estimate of drug-likeness (QED) is 0.740. The molecule has 0 N–H and O–H groups in total. The fourth-order valence-corrected chi connectivity index (χ4v) is 2.49. The lowest BCUT2D eigenvalue weighted by atomic mass is 9.99. The molecule has 0 saturated carbocycles. The standard InChI is InChI=1S/C12H22N2O.C2H6/c1-11-4-8-14(9-5-11)12(15)10-13-6-2-3-7-13;1-2/h11H,2-10H2,1H3;1-2H3. The molecular weight excluding hydrogens is 212 g/mol. The second-order valence-electron chi connectivity index (χ2n) is 5.05. The molecule has 0 aromatic carbocycles. The Morgan fingerprint density at radius 2 is 1.59 bits per heavy atom. The van der Waals surface area contributed by atoms with Crippen molar-refractivity contribution in [3.05, 3.63) is 0 Å². The molecular formula is C14H28N2O. The van der Waals surface area contributed by atoms with Crippen LogP contribution in [0.15, 0.2) is 0 Å². The summed E-state index contributed by atoms with van der Waals surface area (Å²) in [6, 6.07) is 0. The summed E-state index contributed by atoms with van der Waals surface area (Å²) >= 11 is 0. The van der Waals surface area contributed by atoms with Crippen LogP contribution in [0.2, 0.25) is 0 Å². The summed E-state index contributed by atoms with van der Waals surface area (Å²) < 4.78 is 0. The van der Waals surface area contributed by atoms with Crippen LogP contribution < -0.4 is 0 Å². The Kier molecular flexibility index (Phi) is 6.56. The molecule has 0 aromatic rings. The monoisotopic (exact) mass is 240 g/mol. The Morgan fingerprint density at radius 3 is 2.12 bits per heavy atom. The summed E-state index contributed by atoms with van der Waals surface area (Å²) in [5, 5.41) is 0. The smallest absolute Gasteiger partial charge is 0.236 e. The Balaban J connectivity index is 0.000000686. The molecule has 0 aliphatic carbocycles. The van der Waals surface area contributed by atoms with E-state index in [9.17, 15) is 4.79 Å². The first kappa shape index (κ1) is 14.5. The maximum Gasteiger partial charge on any atom is 0.236 e. The van der Waals surface area contributed by atoms with Gasteiger partial charge in [0.15, 0.2) is 0 Å². The van der Waals surface area contributed by atoms with Crippen molar-refractivity contribution < 1.29 is 4.79 Å². The van der Waals surface area contributed by atoms with Gasteiger partial charge in [-0.2, -0.15) is 0 Å². The van der Waals surface area contributed by atoms with E-state index in [1.807, 2.05) is 13.8 Å². The molecule has 17 heavy (non-hydrogen) atoms. The van der Waals surface area contributed by atoms with E-state index in [4.69, 9.17) is 0 Å². The van der Waals surface area contributed by atoms with E-state index >= 15 is 0 Å². The van der Waals surface area contributed by atoms with Crippen LogP contribution in [-0.2, 0) is 4.79 Å². The number of carbonyl (C=O) groups excluding carboxylic acids is 1. The van der Waals surface area contributed by atoms with Gasteiger partial charge in [0.25, 0.3) is 0 Å². The minimum atomic E-state index is 0.351. The van der Waals surface area contributed by atoms with E-state index < -0.39 is 0 Å². The van der Waals surface area contributed by atoms with Crippen molar-refractivity contribution in [3.8, 4) is 0 Å². The van der Waals surface area contributed by atoms with Crippen LogP contribution in [-0.4, -0.2) is 48.4 Å².